The van der Waals surface area contributed by atoms with Gasteiger partial charge in [0.2, 0.25) is 0 Å². The van der Waals surface area contributed by atoms with E-state index in [4.69, 9.17) is 10.8 Å². The third-order valence-corrected chi connectivity index (χ3v) is 5.53. The maximum Gasteiger partial charge on any atom is 0.113 e. The normalized spacial score (nSPS) is 13.6. The van der Waals surface area contributed by atoms with Crippen LogP contribution >= 0.6 is 0 Å². The largest absolute Gasteiger partial charge is 0.395 e. The Bertz CT molecular complexity index is 481. The number of hydrogen-bond acceptors (Lipinski definition) is 4. The number of hydrogen-bond donors (Lipinski definition) is 3. The summed E-state index contributed by atoms with van der Waals surface area (Å²) in [6, 6.07) is 5.01. The molecule has 0 amide bonds. The van der Waals surface area contributed by atoms with Gasteiger partial charge in [0.05, 0.1) is 18.3 Å². The molecule has 1 aromatic heterocycles. The minimum atomic E-state index is -0.902. The smallest absolute Gasteiger partial charge is 0.113 e. The predicted molar refractivity (Wildman–Crippen MR) is 118 cm³/mol. The van der Waals surface area contributed by atoms with Crippen LogP contribution in [-0.2, 0) is 6.42 Å². The summed E-state index contributed by atoms with van der Waals surface area (Å²) in [7, 11) is 0. The quantitative estimate of drug-likeness (QED) is 0.290. The number of nitrogens with two attached hydrogens (primary N) is 1. The fourth-order valence-corrected chi connectivity index (χ4v) is 3.62. The van der Waals surface area contributed by atoms with Crippen LogP contribution in [0.3, 0.4) is 0 Å². The molecule has 0 aliphatic carbocycles. The molecule has 0 saturated heterocycles. The van der Waals surface area contributed by atoms with Gasteiger partial charge in [0.25, 0.3) is 0 Å². The number of aromatic nitrogens is 1. The Morgan fingerprint density at radius 3 is 1.82 bits per heavy atom. The lowest BCUT2D eigenvalue weighted by molar-refractivity contribution is 0.106. The van der Waals surface area contributed by atoms with E-state index >= 15 is 0 Å². The van der Waals surface area contributed by atoms with Crippen molar-refractivity contribution in [2.24, 2.45) is 5.73 Å². The molecule has 0 fully saturated rings. The number of nitrogens with zero attached hydrogens (tertiary/aromatic N) is 1. The number of aryl methyl sites for hydroxylation is 1. The molecule has 1 rings (SSSR count). The summed E-state index contributed by atoms with van der Waals surface area (Å²) in [4.78, 5) is 4.50. The van der Waals surface area contributed by atoms with Crippen LogP contribution in [0.5, 0.6) is 0 Å². The summed E-state index contributed by atoms with van der Waals surface area (Å²) in [6.45, 7) is 2.03. The van der Waals surface area contributed by atoms with Gasteiger partial charge >= 0.3 is 0 Å². The summed E-state index contributed by atoms with van der Waals surface area (Å²) in [5.74, 6) is 0. The Morgan fingerprint density at radius 2 is 1.32 bits per heavy atom. The van der Waals surface area contributed by atoms with Crippen LogP contribution in [0, 0.1) is 0 Å². The van der Waals surface area contributed by atoms with E-state index in [-0.39, 0.29) is 6.61 Å². The minimum absolute atomic E-state index is 0.244. The zero-order valence-electron chi connectivity index (χ0n) is 18.1. The summed E-state index contributed by atoms with van der Waals surface area (Å²) in [5.41, 5.74) is 7.25. The first kappa shape index (κ1) is 25.1. The molecule has 0 saturated carbocycles. The van der Waals surface area contributed by atoms with E-state index in [1.165, 1.54) is 83.5 Å². The number of unbranched alkanes of at least 4 members (excludes halogenated alkanes) is 13. The topological polar surface area (TPSA) is 79.4 Å². The minimum Gasteiger partial charge on any atom is -0.395 e. The van der Waals surface area contributed by atoms with Crippen LogP contribution in [0.25, 0.3) is 0 Å². The molecule has 4 nitrogen and oxygen atoms in total. The van der Waals surface area contributed by atoms with Crippen LogP contribution in [0.1, 0.15) is 114 Å². The maximum atomic E-state index is 10.1. The van der Waals surface area contributed by atoms with Crippen molar-refractivity contribution in [1.82, 2.24) is 4.98 Å². The van der Waals surface area contributed by atoms with Crippen LogP contribution in [0.2, 0.25) is 0 Å². The molecule has 0 bridgehead atoms. The molecule has 0 radical (unpaired) electrons. The van der Waals surface area contributed by atoms with E-state index in [0.29, 0.717) is 5.69 Å². The highest BCUT2D eigenvalue weighted by atomic mass is 16.3. The van der Waals surface area contributed by atoms with Gasteiger partial charge in [-0.15, -0.1) is 0 Å². The summed E-state index contributed by atoms with van der Waals surface area (Å²) >= 11 is 0. The maximum absolute atomic E-state index is 10.1. The first-order valence-corrected chi connectivity index (χ1v) is 11.7. The molecule has 0 spiro atoms. The second-order valence-electron chi connectivity index (χ2n) is 8.19. The summed E-state index contributed by atoms with van der Waals surface area (Å²) in [6.07, 6.45) is 19.1. The van der Waals surface area contributed by atoms with Crippen molar-refractivity contribution in [3.63, 3.8) is 0 Å². The molecule has 4 N–H and O–H groups in total. The van der Waals surface area contributed by atoms with E-state index in [0.717, 1.165) is 18.5 Å². The van der Waals surface area contributed by atoms with Gasteiger partial charge in [0, 0.05) is 5.69 Å². The van der Waals surface area contributed by atoms with E-state index in [1.54, 1.807) is 6.07 Å². The summed E-state index contributed by atoms with van der Waals surface area (Å²) < 4.78 is 0. The molecule has 0 aliphatic rings. The molecule has 0 unspecified atom stereocenters. The molecule has 1 aromatic rings. The van der Waals surface area contributed by atoms with Gasteiger partial charge in [-0.1, -0.05) is 96.5 Å². The number of aliphatic hydroxyl groups is 2. The van der Waals surface area contributed by atoms with Crippen molar-refractivity contribution < 1.29 is 10.2 Å². The van der Waals surface area contributed by atoms with Gasteiger partial charge in [-0.25, -0.2) is 0 Å². The second kappa shape index (κ2) is 16.9. The first-order valence-electron chi connectivity index (χ1n) is 11.7. The van der Waals surface area contributed by atoms with Crippen molar-refractivity contribution in [2.45, 2.75) is 115 Å². The average Bonchev–Trinajstić information content (AvgIpc) is 2.73. The highest BCUT2D eigenvalue weighted by Gasteiger charge is 2.17. The number of rotatable bonds is 18. The third-order valence-electron chi connectivity index (χ3n) is 5.53. The molecule has 28 heavy (non-hydrogen) atoms. The molecular formula is C24H44N2O2. The zero-order chi connectivity index (χ0) is 20.5. The van der Waals surface area contributed by atoms with Crippen molar-refractivity contribution in [2.75, 3.05) is 6.61 Å². The van der Waals surface area contributed by atoms with Gasteiger partial charge in [-0.05, 0) is 25.0 Å². The van der Waals surface area contributed by atoms with E-state index in [1.807, 2.05) is 12.1 Å². The first-order chi connectivity index (χ1) is 13.7. The van der Waals surface area contributed by atoms with Crippen molar-refractivity contribution >= 4 is 0 Å². The summed E-state index contributed by atoms with van der Waals surface area (Å²) in [5, 5.41) is 19.1. The molecule has 2 atom stereocenters. The van der Waals surface area contributed by atoms with E-state index < -0.39 is 12.1 Å². The SMILES string of the molecule is CCCCCCCCCCCCCCCCc1cccc([C@@H](O)[C@@H](N)CO)n1. The standard InChI is InChI=1S/C24H44N2O2/c1-2-3-4-5-6-7-8-9-10-11-12-13-14-15-17-21-18-16-19-23(26-21)24(28)22(25)20-27/h16,18-19,22,24,27-28H,2-15,17,20,25H2,1H3/t22-,24-/m0/s1. The zero-order valence-corrected chi connectivity index (χ0v) is 18.1. The van der Waals surface area contributed by atoms with Crippen LogP contribution in [-0.4, -0.2) is 27.8 Å². The highest BCUT2D eigenvalue weighted by molar-refractivity contribution is 5.14. The van der Waals surface area contributed by atoms with E-state index in [9.17, 15) is 5.11 Å². The van der Waals surface area contributed by atoms with Gasteiger partial charge in [-0.2, -0.15) is 0 Å². The van der Waals surface area contributed by atoms with E-state index in [2.05, 4.69) is 11.9 Å². The predicted octanol–water partition coefficient (Wildman–Crippen LogP) is 5.46. The van der Waals surface area contributed by atoms with Crippen molar-refractivity contribution in [1.29, 1.82) is 0 Å². The molecule has 1 heterocycles. The molecule has 0 aliphatic heterocycles. The lowest BCUT2D eigenvalue weighted by atomic mass is 10.0. The van der Waals surface area contributed by atoms with Gasteiger partial charge in [0.1, 0.15) is 6.10 Å². The van der Waals surface area contributed by atoms with Crippen molar-refractivity contribution in [3.05, 3.63) is 29.6 Å². The Kier molecular flexibility index (Phi) is 15.2. The fourth-order valence-electron chi connectivity index (χ4n) is 3.62. The average molecular weight is 393 g/mol. The third kappa shape index (κ3) is 11.8. The van der Waals surface area contributed by atoms with Gasteiger partial charge in [-0.3, -0.25) is 4.98 Å². The van der Waals surface area contributed by atoms with Crippen LogP contribution in [0.15, 0.2) is 18.2 Å². The van der Waals surface area contributed by atoms with Gasteiger partial charge in [0.15, 0.2) is 0 Å². The number of aliphatic hydroxyl groups excluding tert-OH is 2. The Morgan fingerprint density at radius 1 is 0.821 bits per heavy atom. The second-order valence-corrected chi connectivity index (χ2v) is 8.19. The Balaban J connectivity index is 1.99. The Hall–Kier alpha value is -0.970. The molecule has 162 valence electrons. The number of pyridine rings is 1. The fraction of sp³-hybridized carbons (Fsp3) is 0.792. The van der Waals surface area contributed by atoms with Crippen molar-refractivity contribution in [3.8, 4) is 0 Å². The molecule has 4 heteroatoms. The Labute approximate surface area is 173 Å². The highest BCUT2D eigenvalue weighted by Crippen LogP contribution is 2.16. The lowest BCUT2D eigenvalue weighted by Gasteiger charge is -2.16. The monoisotopic (exact) mass is 392 g/mol. The molecule has 0 aromatic carbocycles. The van der Waals surface area contributed by atoms with Crippen LogP contribution < -0.4 is 5.73 Å². The molecular weight excluding hydrogens is 348 g/mol. The van der Waals surface area contributed by atoms with Gasteiger partial charge < -0.3 is 15.9 Å². The van der Waals surface area contributed by atoms with Crippen LogP contribution in [0.4, 0.5) is 0 Å². The lowest BCUT2D eigenvalue weighted by Crippen LogP contribution is -2.32.